The smallest absolute Gasteiger partial charge is 0.139 e. The highest BCUT2D eigenvalue weighted by Crippen LogP contribution is 2.29. The number of pyridine rings is 1. The van der Waals surface area contributed by atoms with Gasteiger partial charge in [-0.25, -0.2) is 9.97 Å². The van der Waals surface area contributed by atoms with Gasteiger partial charge in [0.25, 0.3) is 0 Å². The molecule has 1 fully saturated rings. The molecule has 5 rings (SSSR count). The van der Waals surface area contributed by atoms with Crippen LogP contribution in [0.5, 0.6) is 0 Å². The molecule has 120 valence electrons. The van der Waals surface area contributed by atoms with Crippen molar-refractivity contribution in [3.05, 3.63) is 54.5 Å². The fourth-order valence-electron chi connectivity index (χ4n) is 3.67. The molecule has 4 aromatic rings. The standard InChI is InChI=1S/C19H19N5/c1-2-6-16-15(5-1)21-19(22-16)14-4-3-11-24(12-14)17-8-7-13-9-10-20-18(13)23-17/h1-2,5-10,14H,3-4,11-12H2,(H,20,23)(H,21,22)/t14-/m1/s1. The number of nitrogens with one attached hydrogen (secondary N) is 2. The largest absolute Gasteiger partial charge is 0.356 e. The lowest BCUT2D eigenvalue weighted by Crippen LogP contribution is -2.35. The van der Waals surface area contributed by atoms with Crippen molar-refractivity contribution in [2.24, 2.45) is 0 Å². The van der Waals surface area contributed by atoms with Crippen LogP contribution in [0.1, 0.15) is 24.6 Å². The Balaban J connectivity index is 1.44. The lowest BCUT2D eigenvalue weighted by atomic mass is 9.97. The molecule has 5 heteroatoms. The average Bonchev–Trinajstić information content (AvgIpc) is 3.27. The quantitative estimate of drug-likeness (QED) is 0.591. The first-order valence-electron chi connectivity index (χ1n) is 8.50. The first-order chi connectivity index (χ1) is 11.9. The van der Waals surface area contributed by atoms with E-state index >= 15 is 0 Å². The number of imidazole rings is 1. The summed E-state index contributed by atoms with van der Waals surface area (Å²) in [5, 5.41) is 1.16. The van der Waals surface area contributed by atoms with Gasteiger partial charge in [0.1, 0.15) is 17.3 Å². The Morgan fingerprint density at radius 3 is 2.96 bits per heavy atom. The predicted octanol–water partition coefficient (Wildman–Crippen LogP) is 3.82. The van der Waals surface area contributed by atoms with Crippen molar-refractivity contribution < 1.29 is 0 Å². The van der Waals surface area contributed by atoms with Gasteiger partial charge >= 0.3 is 0 Å². The molecule has 1 atom stereocenters. The summed E-state index contributed by atoms with van der Waals surface area (Å²) in [6, 6.07) is 14.6. The van der Waals surface area contributed by atoms with Crippen LogP contribution in [0, 0.1) is 0 Å². The van der Waals surface area contributed by atoms with Crippen molar-refractivity contribution in [2.75, 3.05) is 18.0 Å². The first-order valence-corrected chi connectivity index (χ1v) is 8.50. The van der Waals surface area contributed by atoms with E-state index in [1.807, 2.05) is 18.3 Å². The first kappa shape index (κ1) is 13.6. The molecule has 4 heterocycles. The summed E-state index contributed by atoms with van der Waals surface area (Å²) in [5.74, 6) is 2.57. The second kappa shape index (κ2) is 5.37. The van der Waals surface area contributed by atoms with Gasteiger partial charge in [-0.05, 0) is 43.2 Å². The number of hydrogen-bond donors (Lipinski definition) is 2. The van der Waals surface area contributed by atoms with Crippen LogP contribution in [-0.4, -0.2) is 33.0 Å². The Labute approximate surface area is 139 Å². The third-order valence-electron chi connectivity index (χ3n) is 4.93. The average molecular weight is 317 g/mol. The molecular weight excluding hydrogens is 298 g/mol. The topological polar surface area (TPSA) is 60.6 Å². The molecule has 3 aromatic heterocycles. The molecule has 5 nitrogen and oxygen atoms in total. The van der Waals surface area contributed by atoms with E-state index in [1.165, 1.54) is 6.42 Å². The van der Waals surface area contributed by atoms with E-state index in [2.05, 4.69) is 45.2 Å². The van der Waals surface area contributed by atoms with Gasteiger partial charge < -0.3 is 14.9 Å². The van der Waals surface area contributed by atoms with Crippen molar-refractivity contribution in [1.29, 1.82) is 0 Å². The molecule has 0 saturated carbocycles. The highest BCUT2D eigenvalue weighted by molar-refractivity contribution is 5.77. The highest BCUT2D eigenvalue weighted by Gasteiger charge is 2.24. The molecule has 0 amide bonds. The van der Waals surface area contributed by atoms with E-state index < -0.39 is 0 Å². The highest BCUT2D eigenvalue weighted by atomic mass is 15.2. The molecule has 1 aliphatic rings. The van der Waals surface area contributed by atoms with E-state index in [-0.39, 0.29) is 0 Å². The van der Waals surface area contributed by atoms with Crippen LogP contribution in [0.15, 0.2) is 48.7 Å². The monoisotopic (exact) mass is 317 g/mol. The minimum atomic E-state index is 0.423. The number of aromatic nitrogens is 4. The fourth-order valence-corrected chi connectivity index (χ4v) is 3.67. The molecule has 24 heavy (non-hydrogen) atoms. The Hall–Kier alpha value is -2.82. The molecule has 2 N–H and O–H groups in total. The second-order valence-electron chi connectivity index (χ2n) is 6.51. The van der Waals surface area contributed by atoms with Gasteiger partial charge in [-0.2, -0.15) is 0 Å². The van der Waals surface area contributed by atoms with Crippen LogP contribution in [-0.2, 0) is 0 Å². The number of H-pyrrole nitrogens is 2. The zero-order chi connectivity index (χ0) is 15.9. The van der Waals surface area contributed by atoms with Gasteiger partial charge in [-0.1, -0.05) is 12.1 Å². The molecule has 0 spiro atoms. The van der Waals surface area contributed by atoms with Gasteiger partial charge in [0.2, 0.25) is 0 Å². The van der Waals surface area contributed by atoms with E-state index in [4.69, 9.17) is 9.97 Å². The van der Waals surface area contributed by atoms with Crippen LogP contribution >= 0.6 is 0 Å². The number of rotatable bonds is 2. The zero-order valence-corrected chi connectivity index (χ0v) is 13.4. The normalized spacial score (nSPS) is 18.5. The third-order valence-corrected chi connectivity index (χ3v) is 4.93. The molecule has 0 bridgehead atoms. The summed E-state index contributed by atoms with van der Waals surface area (Å²) in [7, 11) is 0. The van der Waals surface area contributed by atoms with Gasteiger partial charge in [-0.3, -0.25) is 0 Å². The fraction of sp³-hybridized carbons (Fsp3) is 0.263. The van der Waals surface area contributed by atoms with E-state index in [0.29, 0.717) is 5.92 Å². The van der Waals surface area contributed by atoms with Crippen LogP contribution < -0.4 is 4.90 Å². The van der Waals surface area contributed by atoms with E-state index in [1.54, 1.807) is 0 Å². The van der Waals surface area contributed by atoms with Crippen molar-refractivity contribution >= 4 is 27.9 Å². The Morgan fingerprint density at radius 1 is 1.04 bits per heavy atom. The van der Waals surface area contributed by atoms with Crippen LogP contribution in [0.2, 0.25) is 0 Å². The van der Waals surface area contributed by atoms with Crippen molar-refractivity contribution in [3.8, 4) is 0 Å². The van der Waals surface area contributed by atoms with Crippen LogP contribution in [0.3, 0.4) is 0 Å². The maximum Gasteiger partial charge on any atom is 0.139 e. The van der Waals surface area contributed by atoms with Crippen LogP contribution in [0.25, 0.3) is 22.1 Å². The number of aromatic amines is 2. The van der Waals surface area contributed by atoms with Gasteiger partial charge in [0.05, 0.1) is 11.0 Å². The molecule has 1 saturated heterocycles. The molecular formula is C19H19N5. The van der Waals surface area contributed by atoms with Gasteiger partial charge in [-0.15, -0.1) is 0 Å². The number of nitrogens with zero attached hydrogens (tertiary/aromatic N) is 3. The SMILES string of the molecule is c1ccc2[nH]c([C@@H]3CCCN(c4ccc5cc[nH]c5n4)C3)nc2c1. The number of para-hydroxylation sites is 2. The maximum atomic E-state index is 4.80. The molecule has 1 aliphatic heterocycles. The van der Waals surface area contributed by atoms with E-state index in [0.717, 1.165) is 53.2 Å². The number of fused-ring (bicyclic) bond motifs is 2. The molecule has 0 aliphatic carbocycles. The van der Waals surface area contributed by atoms with Crippen molar-refractivity contribution in [3.63, 3.8) is 0 Å². The van der Waals surface area contributed by atoms with Crippen LogP contribution in [0.4, 0.5) is 5.82 Å². The summed E-state index contributed by atoms with van der Waals surface area (Å²) >= 11 is 0. The summed E-state index contributed by atoms with van der Waals surface area (Å²) in [4.78, 5) is 18.6. The Bertz CT molecular complexity index is 958. The summed E-state index contributed by atoms with van der Waals surface area (Å²) in [5.41, 5.74) is 3.13. The second-order valence-corrected chi connectivity index (χ2v) is 6.51. The number of hydrogen-bond acceptors (Lipinski definition) is 3. The molecule has 1 aromatic carbocycles. The van der Waals surface area contributed by atoms with Gasteiger partial charge in [0.15, 0.2) is 0 Å². The lowest BCUT2D eigenvalue weighted by Gasteiger charge is -2.32. The minimum Gasteiger partial charge on any atom is -0.356 e. The zero-order valence-electron chi connectivity index (χ0n) is 13.4. The number of benzene rings is 1. The summed E-state index contributed by atoms with van der Waals surface area (Å²) in [6.45, 7) is 2.01. The van der Waals surface area contributed by atoms with Crippen molar-refractivity contribution in [2.45, 2.75) is 18.8 Å². The van der Waals surface area contributed by atoms with Crippen molar-refractivity contribution in [1.82, 2.24) is 19.9 Å². The maximum absolute atomic E-state index is 4.80. The van der Waals surface area contributed by atoms with Gasteiger partial charge in [0, 0.05) is 30.6 Å². The number of piperidine rings is 1. The lowest BCUT2D eigenvalue weighted by molar-refractivity contribution is 0.493. The predicted molar refractivity (Wildman–Crippen MR) is 96.4 cm³/mol. The molecule has 0 radical (unpaired) electrons. The number of anilines is 1. The third kappa shape index (κ3) is 2.24. The van der Waals surface area contributed by atoms with E-state index in [9.17, 15) is 0 Å². The summed E-state index contributed by atoms with van der Waals surface area (Å²) in [6.07, 6.45) is 4.27. The molecule has 0 unspecified atom stereocenters. The minimum absolute atomic E-state index is 0.423. The summed E-state index contributed by atoms with van der Waals surface area (Å²) < 4.78 is 0. The Morgan fingerprint density at radius 2 is 2.00 bits per heavy atom. The Kier molecular flexibility index (Phi) is 3.04.